The van der Waals surface area contributed by atoms with E-state index in [1.807, 2.05) is 0 Å². The van der Waals surface area contributed by atoms with Gasteiger partial charge in [-0.05, 0) is 26.0 Å². The molecule has 0 fully saturated rings. The van der Waals surface area contributed by atoms with Crippen LogP contribution in [-0.4, -0.2) is 35.1 Å². The maximum Gasteiger partial charge on any atom is 0.337 e. The molecule has 6 nitrogen and oxygen atoms in total. The molecule has 1 rings (SSSR count). The molecule has 3 N–H and O–H groups in total. The zero-order valence-electron chi connectivity index (χ0n) is 9.94. The van der Waals surface area contributed by atoms with Gasteiger partial charge in [0.05, 0.1) is 11.3 Å². The number of carbonyl (C=O) groups is 2. The summed E-state index contributed by atoms with van der Waals surface area (Å²) in [4.78, 5) is 26.1. The Bertz CT molecular complexity index is 446. The summed E-state index contributed by atoms with van der Waals surface area (Å²) in [7, 11) is 1.55. The molecule has 0 bridgehead atoms. The van der Waals surface area contributed by atoms with E-state index in [0.29, 0.717) is 11.5 Å². The van der Waals surface area contributed by atoms with E-state index >= 15 is 0 Å². The molecule has 0 saturated heterocycles. The minimum absolute atomic E-state index is 0.156. The largest absolute Gasteiger partial charge is 0.478 e. The van der Waals surface area contributed by atoms with Crippen LogP contribution >= 0.6 is 0 Å². The normalized spacial score (nSPS) is 11.7. The van der Waals surface area contributed by atoms with Crippen LogP contribution in [0.1, 0.15) is 23.0 Å². The number of carboxylic acids is 1. The van der Waals surface area contributed by atoms with Crippen molar-refractivity contribution in [3.05, 3.63) is 23.4 Å². The van der Waals surface area contributed by atoms with Crippen molar-refractivity contribution >= 4 is 17.7 Å². The highest BCUT2D eigenvalue weighted by Crippen LogP contribution is 2.11. The van der Waals surface area contributed by atoms with Crippen molar-refractivity contribution < 1.29 is 14.7 Å². The number of pyridine rings is 1. The summed E-state index contributed by atoms with van der Waals surface area (Å²) in [6.07, 6.45) is 0. The molecule has 0 aromatic carbocycles. The molecule has 92 valence electrons. The molecule has 1 aromatic heterocycles. The van der Waals surface area contributed by atoms with Crippen LogP contribution in [0.2, 0.25) is 0 Å². The number of aromatic nitrogens is 1. The summed E-state index contributed by atoms with van der Waals surface area (Å²) >= 11 is 0. The number of aromatic carboxylic acids is 1. The van der Waals surface area contributed by atoms with Gasteiger partial charge in [0.2, 0.25) is 5.91 Å². The number of amides is 1. The van der Waals surface area contributed by atoms with Gasteiger partial charge >= 0.3 is 5.97 Å². The summed E-state index contributed by atoms with van der Waals surface area (Å²) < 4.78 is 0. The summed E-state index contributed by atoms with van der Waals surface area (Å²) in [5, 5.41) is 14.2. The average molecular weight is 237 g/mol. The predicted octanol–water partition coefficient (Wildman–Crippen LogP) is 0.635. The van der Waals surface area contributed by atoms with Gasteiger partial charge in [0.25, 0.3) is 0 Å². The third-order valence-electron chi connectivity index (χ3n) is 2.32. The van der Waals surface area contributed by atoms with E-state index in [1.165, 1.54) is 12.1 Å². The van der Waals surface area contributed by atoms with Crippen LogP contribution < -0.4 is 10.6 Å². The van der Waals surface area contributed by atoms with Crippen LogP contribution in [0.25, 0.3) is 0 Å². The molecule has 0 aliphatic carbocycles. The minimum atomic E-state index is -1.01. The van der Waals surface area contributed by atoms with Crippen molar-refractivity contribution in [2.24, 2.45) is 0 Å². The summed E-state index contributed by atoms with van der Waals surface area (Å²) in [6, 6.07) is 2.57. The maximum absolute atomic E-state index is 11.3. The van der Waals surface area contributed by atoms with Gasteiger partial charge in [-0.15, -0.1) is 0 Å². The highest BCUT2D eigenvalue weighted by atomic mass is 16.4. The number of nitrogens with zero attached hydrogens (tertiary/aromatic N) is 1. The van der Waals surface area contributed by atoms with Crippen molar-refractivity contribution in [1.82, 2.24) is 10.3 Å². The van der Waals surface area contributed by atoms with Gasteiger partial charge < -0.3 is 15.7 Å². The Morgan fingerprint density at radius 1 is 1.41 bits per heavy atom. The zero-order valence-corrected chi connectivity index (χ0v) is 9.94. The molecule has 17 heavy (non-hydrogen) atoms. The SMILES string of the molecule is CNC(=O)C(C)Nc1ccc(C(=O)O)c(C)n1. The zero-order chi connectivity index (χ0) is 13.0. The summed E-state index contributed by atoms with van der Waals surface area (Å²) in [5.41, 5.74) is 0.565. The first kappa shape index (κ1) is 13.0. The van der Waals surface area contributed by atoms with Gasteiger partial charge in [0.15, 0.2) is 0 Å². The number of carbonyl (C=O) groups excluding carboxylic acids is 1. The van der Waals surface area contributed by atoms with Crippen LogP contribution in [0.5, 0.6) is 0 Å². The van der Waals surface area contributed by atoms with E-state index < -0.39 is 12.0 Å². The molecule has 1 heterocycles. The van der Waals surface area contributed by atoms with Gasteiger partial charge in [0, 0.05) is 7.05 Å². The molecule has 1 amide bonds. The second kappa shape index (κ2) is 5.29. The van der Waals surface area contributed by atoms with Crippen LogP contribution in [0.15, 0.2) is 12.1 Å². The second-order valence-electron chi connectivity index (χ2n) is 3.61. The quantitative estimate of drug-likeness (QED) is 0.714. The van der Waals surface area contributed by atoms with E-state index in [9.17, 15) is 9.59 Å². The van der Waals surface area contributed by atoms with E-state index in [4.69, 9.17) is 5.11 Å². The summed E-state index contributed by atoms with van der Waals surface area (Å²) in [5.74, 6) is -0.698. The first-order chi connectivity index (χ1) is 7.95. The molecule has 1 atom stereocenters. The lowest BCUT2D eigenvalue weighted by molar-refractivity contribution is -0.121. The molecular formula is C11H15N3O3. The maximum atomic E-state index is 11.3. The topological polar surface area (TPSA) is 91.3 Å². The van der Waals surface area contributed by atoms with Gasteiger partial charge in [-0.25, -0.2) is 9.78 Å². The third kappa shape index (κ3) is 3.17. The number of hydrogen-bond acceptors (Lipinski definition) is 4. The van der Waals surface area contributed by atoms with Crippen LogP contribution in [-0.2, 0) is 4.79 Å². The summed E-state index contributed by atoms with van der Waals surface area (Å²) in [6.45, 7) is 3.31. The number of likely N-dealkylation sites (N-methyl/N-ethyl adjacent to an activating group) is 1. The lowest BCUT2D eigenvalue weighted by atomic mass is 10.2. The fourth-order valence-electron chi connectivity index (χ4n) is 1.37. The number of hydrogen-bond donors (Lipinski definition) is 3. The Morgan fingerprint density at radius 3 is 2.53 bits per heavy atom. The fraction of sp³-hybridized carbons (Fsp3) is 0.364. The van der Waals surface area contributed by atoms with Crippen molar-refractivity contribution in [3.63, 3.8) is 0 Å². The van der Waals surface area contributed by atoms with E-state index in [1.54, 1.807) is 20.9 Å². The predicted molar refractivity (Wildman–Crippen MR) is 63.1 cm³/mol. The second-order valence-corrected chi connectivity index (χ2v) is 3.61. The highest BCUT2D eigenvalue weighted by Gasteiger charge is 2.13. The Hall–Kier alpha value is -2.11. The minimum Gasteiger partial charge on any atom is -0.478 e. The average Bonchev–Trinajstić information content (AvgIpc) is 2.27. The molecule has 0 aliphatic heterocycles. The smallest absolute Gasteiger partial charge is 0.337 e. The van der Waals surface area contributed by atoms with Gasteiger partial charge in [-0.3, -0.25) is 4.79 Å². The Balaban J connectivity index is 2.84. The number of carboxylic acid groups (broad SMARTS) is 1. The van der Waals surface area contributed by atoms with Crippen molar-refractivity contribution in [1.29, 1.82) is 0 Å². The molecule has 0 radical (unpaired) electrons. The number of rotatable bonds is 4. The Morgan fingerprint density at radius 2 is 2.06 bits per heavy atom. The van der Waals surface area contributed by atoms with E-state index in [0.717, 1.165) is 0 Å². The van der Waals surface area contributed by atoms with E-state index in [-0.39, 0.29) is 11.5 Å². The number of nitrogens with one attached hydrogen (secondary N) is 2. The third-order valence-corrected chi connectivity index (χ3v) is 2.32. The van der Waals surface area contributed by atoms with Crippen LogP contribution in [0.4, 0.5) is 5.82 Å². The fourth-order valence-corrected chi connectivity index (χ4v) is 1.37. The molecule has 6 heteroatoms. The molecule has 0 saturated carbocycles. The van der Waals surface area contributed by atoms with Gasteiger partial charge in [-0.1, -0.05) is 0 Å². The lowest BCUT2D eigenvalue weighted by Gasteiger charge is -2.13. The lowest BCUT2D eigenvalue weighted by Crippen LogP contribution is -2.35. The molecule has 1 unspecified atom stereocenters. The molecule has 1 aromatic rings. The van der Waals surface area contributed by atoms with Gasteiger partial charge in [0.1, 0.15) is 11.9 Å². The monoisotopic (exact) mass is 237 g/mol. The first-order valence-electron chi connectivity index (χ1n) is 5.14. The number of aryl methyl sites for hydroxylation is 1. The first-order valence-corrected chi connectivity index (χ1v) is 5.14. The molecule has 0 aliphatic rings. The molecular weight excluding hydrogens is 222 g/mol. The van der Waals surface area contributed by atoms with E-state index in [2.05, 4.69) is 15.6 Å². The van der Waals surface area contributed by atoms with Gasteiger partial charge in [-0.2, -0.15) is 0 Å². The highest BCUT2D eigenvalue weighted by molar-refractivity contribution is 5.89. The van der Waals surface area contributed by atoms with Crippen molar-refractivity contribution in [2.45, 2.75) is 19.9 Å². The Kier molecular flexibility index (Phi) is 4.03. The van der Waals surface area contributed by atoms with Crippen LogP contribution in [0.3, 0.4) is 0 Å². The van der Waals surface area contributed by atoms with Crippen LogP contribution in [0, 0.1) is 6.92 Å². The standard InChI is InChI=1S/C11H15N3O3/c1-6-8(11(16)17)4-5-9(13-6)14-7(2)10(15)12-3/h4-5,7H,1-3H3,(H,12,15)(H,13,14)(H,16,17). The number of anilines is 1. The molecule has 0 spiro atoms. The van der Waals surface area contributed by atoms with Crippen molar-refractivity contribution in [2.75, 3.05) is 12.4 Å². The Labute approximate surface area is 99.1 Å². The van der Waals surface area contributed by atoms with Crippen molar-refractivity contribution in [3.8, 4) is 0 Å².